The molecular weight excluding hydrogens is 547 g/mol. The Hall–Kier alpha value is -3.25. The van der Waals surface area contributed by atoms with Crippen molar-refractivity contribution in [1.82, 2.24) is 15.3 Å². The molecule has 1 aliphatic rings. The van der Waals surface area contributed by atoms with Crippen molar-refractivity contribution in [3.8, 4) is 5.88 Å². The molecule has 40 heavy (non-hydrogen) atoms. The Morgan fingerprint density at radius 3 is 2.48 bits per heavy atom. The number of alkyl halides is 3. The predicted octanol–water partition coefficient (Wildman–Crippen LogP) is 4.94. The van der Waals surface area contributed by atoms with Gasteiger partial charge in [0, 0.05) is 22.8 Å². The van der Waals surface area contributed by atoms with Gasteiger partial charge in [0.25, 0.3) is 5.91 Å². The van der Waals surface area contributed by atoms with Gasteiger partial charge in [-0.05, 0) is 80.3 Å². The van der Waals surface area contributed by atoms with E-state index in [-0.39, 0.29) is 36.0 Å². The first-order valence-electron chi connectivity index (χ1n) is 13.1. The van der Waals surface area contributed by atoms with Crippen molar-refractivity contribution in [2.75, 3.05) is 19.0 Å². The number of benzene rings is 1. The maximum atomic E-state index is 13.0. The van der Waals surface area contributed by atoms with Gasteiger partial charge < -0.3 is 15.2 Å². The molecule has 1 atom stereocenters. The first kappa shape index (κ1) is 29.7. The van der Waals surface area contributed by atoms with Crippen LogP contribution in [0.2, 0.25) is 0 Å². The molecule has 0 spiro atoms. The molecular formula is C28H32F3N3O5S. The molecule has 2 aromatic heterocycles. The fraction of sp³-hybridized carbons (Fsp3) is 0.464. The fourth-order valence-corrected chi connectivity index (χ4v) is 5.68. The van der Waals surface area contributed by atoms with Gasteiger partial charge in [0.2, 0.25) is 5.88 Å². The van der Waals surface area contributed by atoms with Gasteiger partial charge in [-0.3, -0.25) is 9.78 Å². The Kier molecular flexibility index (Phi) is 8.99. The highest BCUT2D eigenvalue weighted by Gasteiger charge is 2.41. The SMILES string of the molecule is CCS(=O)(=O)c1ccc([C@H](CO)NC(=O)c2ccc3c(OC[C@H]4CC[C@H](C(F)(F)F)CC4)nc(C)cc3c2)nc1. The number of hydrogen-bond acceptors (Lipinski definition) is 7. The second-order valence-corrected chi connectivity index (χ2v) is 12.4. The molecule has 1 aromatic carbocycles. The second kappa shape index (κ2) is 12.1. The molecule has 1 amide bonds. The van der Waals surface area contributed by atoms with Gasteiger partial charge in [-0.25, -0.2) is 13.4 Å². The van der Waals surface area contributed by atoms with E-state index in [2.05, 4.69) is 15.3 Å². The van der Waals surface area contributed by atoms with Crippen LogP contribution in [0.3, 0.4) is 0 Å². The van der Waals surface area contributed by atoms with Gasteiger partial charge in [0.05, 0.1) is 41.5 Å². The van der Waals surface area contributed by atoms with Crippen molar-refractivity contribution in [1.29, 1.82) is 0 Å². The number of nitrogens with zero attached hydrogens (tertiary/aromatic N) is 2. The lowest BCUT2D eigenvalue weighted by atomic mass is 9.82. The van der Waals surface area contributed by atoms with E-state index in [0.717, 1.165) is 0 Å². The Bertz CT molecular complexity index is 1450. The van der Waals surface area contributed by atoms with Crippen LogP contribution >= 0.6 is 0 Å². The number of ether oxygens (including phenoxy) is 1. The highest BCUT2D eigenvalue weighted by Crippen LogP contribution is 2.39. The number of pyridine rings is 2. The highest BCUT2D eigenvalue weighted by molar-refractivity contribution is 7.91. The van der Waals surface area contributed by atoms with Crippen molar-refractivity contribution >= 4 is 26.5 Å². The molecule has 0 bridgehead atoms. The minimum atomic E-state index is -4.15. The molecule has 1 saturated carbocycles. The van der Waals surface area contributed by atoms with E-state index in [9.17, 15) is 31.5 Å². The highest BCUT2D eigenvalue weighted by atomic mass is 32.2. The van der Waals surface area contributed by atoms with E-state index in [4.69, 9.17) is 4.74 Å². The molecule has 216 valence electrons. The Morgan fingerprint density at radius 2 is 1.88 bits per heavy atom. The number of sulfone groups is 1. The lowest BCUT2D eigenvalue weighted by molar-refractivity contribution is -0.184. The third kappa shape index (κ3) is 6.90. The van der Waals surface area contributed by atoms with Crippen LogP contribution in [0.25, 0.3) is 10.8 Å². The first-order valence-corrected chi connectivity index (χ1v) is 14.8. The Morgan fingerprint density at radius 1 is 1.15 bits per heavy atom. The lowest BCUT2D eigenvalue weighted by Gasteiger charge is -2.29. The molecule has 12 heteroatoms. The van der Waals surface area contributed by atoms with Crippen LogP contribution in [0.4, 0.5) is 13.2 Å². The average molecular weight is 580 g/mol. The van der Waals surface area contributed by atoms with Gasteiger partial charge in [0.15, 0.2) is 9.84 Å². The molecule has 0 saturated heterocycles. The Balaban J connectivity index is 1.45. The lowest BCUT2D eigenvalue weighted by Crippen LogP contribution is -2.31. The van der Waals surface area contributed by atoms with Crippen LogP contribution in [0.5, 0.6) is 5.88 Å². The third-order valence-corrected chi connectivity index (χ3v) is 9.01. The van der Waals surface area contributed by atoms with Gasteiger partial charge >= 0.3 is 6.18 Å². The average Bonchev–Trinajstić information content (AvgIpc) is 2.93. The van der Waals surface area contributed by atoms with Gasteiger partial charge in [-0.15, -0.1) is 0 Å². The summed E-state index contributed by atoms with van der Waals surface area (Å²) >= 11 is 0. The molecule has 3 aromatic rings. The van der Waals surface area contributed by atoms with Gasteiger partial charge in [-0.1, -0.05) is 6.92 Å². The predicted molar refractivity (Wildman–Crippen MR) is 143 cm³/mol. The summed E-state index contributed by atoms with van der Waals surface area (Å²) in [6.45, 7) is 3.13. The zero-order valence-electron chi connectivity index (χ0n) is 22.2. The minimum absolute atomic E-state index is 0.0150. The van der Waals surface area contributed by atoms with E-state index in [0.29, 0.717) is 46.4 Å². The van der Waals surface area contributed by atoms with Crippen molar-refractivity contribution < 1.29 is 36.2 Å². The number of rotatable bonds is 9. The summed E-state index contributed by atoms with van der Waals surface area (Å²) in [5, 5.41) is 13.9. The van der Waals surface area contributed by atoms with Crippen LogP contribution < -0.4 is 10.1 Å². The molecule has 2 N–H and O–H groups in total. The van der Waals surface area contributed by atoms with Gasteiger partial charge in [-0.2, -0.15) is 13.2 Å². The molecule has 8 nitrogen and oxygen atoms in total. The summed E-state index contributed by atoms with van der Waals surface area (Å²) in [6.07, 6.45) is -1.86. The number of aliphatic hydroxyl groups is 1. The van der Waals surface area contributed by atoms with E-state index < -0.39 is 40.5 Å². The van der Waals surface area contributed by atoms with Crippen molar-refractivity contribution in [2.24, 2.45) is 11.8 Å². The summed E-state index contributed by atoms with van der Waals surface area (Å²) in [4.78, 5) is 21.7. The largest absolute Gasteiger partial charge is 0.477 e. The monoisotopic (exact) mass is 579 g/mol. The third-order valence-electron chi connectivity index (χ3n) is 7.30. The summed E-state index contributed by atoms with van der Waals surface area (Å²) in [7, 11) is -3.43. The summed E-state index contributed by atoms with van der Waals surface area (Å²) in [6, 6.07) is 8.75. The smallest absolute Gasteiger partial charge is 0.391 e. The fourth-order valence-electron chi connectivity index (χ4n) is 4.86. The second-order valence-electron chi connectivity index (χ2n) is 10.1. The van der Waals surface area contributed by atoms with E-state index in [1.165, 1.54) is 25.3 Å². The number of aromatic nitrogens is 2. The maximum absolute atomic E-state index is 13.0. The van der Waals surface area contributed by atoms with Crippen molar-refractivity contribution in [3.05, 3.63) is 59.5 Å². The number of aryl methyl sites for hydroxylation is 1. The van der Waals surface area contributed by atoms with E-state index in [1.807, 2.05) is 0 Å². The molecule has 0 unspecified atom stereocenters. The number of carbonyl (C=O) groups excluding carboxylic acids is 1. The van der Waals surface area contributed by atoms with Crippen LogP contribution in [-0.2, 0) is 9.84 Å². The molecule has 1 aliphatic carbocycles. The summed E-state index contributed by atoms with van der Waals surface area (Å²) in [5.41, 5.74) is 1.28. The molecule has 0 radical (unpaired) electrons. The Labute approximate surface area is 230 Å². The quantitative estimate of drug-likeness (QED) is 0.369. The molecule has 2 heterocycles. The maximum Gasteiger partial charge on any atom is 0.391 e. The number of fused-ring (bicyclic) bond motifs is 1. The van der Waals surface area contributed by atoms with Crippen LogP contribution in [0.1, 0.15) is 60.4 Å². The number of amides is 1. The molecule has 0 aliphatic heterocycles. The van der Waals surface area contributed by atoms with Crippen LogP contribution in [0.15, 0.2) is 47.5 Å². The molecule has 4 rings (SSSR count). The van der Waals surface area contributed by atoms with Crippen LogP contribution in [0, 0.1) is 18.8 Å². The standard InChI is InChI=1S/C28H32F3N3O5S/c1-3-40(37,38)22-9-11-24(32-14-22)25(15-35)34-26(36)19-6-10-23-20(13-19)12-17(2)33-27(23)39-16-18-4-7-21(8-5-18)28(29,30)31/h6,9-14,18,21,25,35H,3-5,7-8,15-16H2,1-2H3,(H,34,36)/t18-,21-,25-/m0/s1. The summed E-state index contributed by atoms with van der Waals surface area (Å²) < 4.78 is 68.9. The number of aliphatic hydroxyl groups excluding tert-OH is 1. The minimum Gasteiger partial charge on any atom is -0.477 e. The van der Waals surface area contributed by atoms with Crippen molar-refractivity contribution in [2.45, 2.75) is 56.6 Å². The normalized spacial score (nSPS) is 18.9. The number of nitrogens with one attached hydrogen (secondary N) is 1. The number of carbonyl (C=O) groups is 1. The van der Waals surface area contributed by atoms with E-state index >= 15 is 0 Å². The topological polar surface area (TPSA) is 118 Å². The zero-order chi connectivity index (χ0) is 29.1. The number of hydrogen-bond donors (Lipinski definition) is 2. The number of halogens is 3. The first-order chi connectivity index (χ1) is 18.9. The summed E-state index contributed by atoms with van der Waals surface area (Å²) in [5.74, 6) is -1.41. The van der Waals surface area contributed by atoms with Crippen LogP contribution in [-0.4, -0.2) is 54.5 Å². The zero-order valence-corrected chi connectivity index (χ0v) is 23.1. The van der Waals surface area contributed by atoms with E-state index in [1.54, 1.807) is 31.2 Å². The molecule has 1 fully saturated rings. The van der Waals surface area contributed by atoms with Gasteiger partial charge in [0.1, 0.15) is 0 Å². The van der Waals surface area contributed by atoms with Crippen molar-refractivity contribution in [3.63, 3.8) is 0 Å².